The van der Waals surface area contributed by atoms with E-state index in [0.717, 1.165) is 33.2 Å². The third-order valence-corrected chi connectivity index (χ3v) is 5.74. The van der Waals surface area contributed by atoms with E-state index >= 15 is 0 Å². The smallest absolute Gasteiger partial charge is 0.251 e. The lowest BCUT2D eigenvalue weighted by atomic mass is 9.90. The van der Waals surface area contributed by atoms with Crippen molar-refractivity contribution < 1.29 is 4.79 Å². The first-order chi connectivity index (χ1) is 15.0. The van der Waals surface area contributed by atoms with Gasteiger partial charge in [0.05, 0.1) is 11.4 Å². The van der Waals surface area contributed by atoms with E-state index in [9.17, 15) is 9.59 Å². The van der Waals surface area contributed by atoms with Crippen LogP contribution in [0.25, 0.3) is 10.9 Å². The van der Waals surface area contributed by atoms with E-state index in [2.05, 4.69) is 16.4 Å². The van der Waals surface area contributed by atoms with Gasteiger partial charge in [-0.25, -0.2) is 0 Å². The summed E-state index contributed by atoms with van der Waals surface area (Å²) in [5.41, 5.74) is 5.52. The summed E-state index contributed by atoms with van der Waals surface area (Å²) in [6.45, 7) is 4.43. The minimum Gasteiger partial charge on any atom is -0.355 e. The summed E-state index contributed by atoms with van der Waals surface area (Å²) >= 11 is 0. The fraction of sp³-hybridized carbons (Fsp3) is 0.185. The van der Waals surface area contributed by atoms with E-state index in [4.69, 9.17) is 0 Å². The first kappa shape index (κ1) is 20.6. The van der Waals surface area contributed by atoms with Gasteiger partial charge < -0.3 is 10.3 Å². The molecule has 0 saturated heterocycles. The maximum absolute atomic E-state index is 13.1. The second-order valence-electron chi connectivity index (χ2n) is 7.91. The Bertz CT molecular complexity index is 1220. The number of H-pyrrole nitrogens is 1. The number of carbonyl (C=O) groups is 1. The molecule has 0 aliphatic rings. The largest absolute Gasteiger partial charge is 0.355 e. The van der Waals surface area contributed by atoms with E-state index in [0.29, 0.717) is 18.5 Å². The average Bonchev–Trinajstić information content (AvgIpc) is 2.79. The zero-order chi connectivity index (χ0) is 21.8. The van der Waals surface area contributed by atoms with Gasteiger partial charge in [-0.05, 0) is 48.6 Å². The van der Waals surface area contributed by atoms with Gasteiger partial charge >= 0.3 is 0 Å². The Hall–Kier alpha value is -3.66. The van der Waals surface area contributed by atoms with Gasteiger partial charge in [0.25, 0.3) is 5.56 Å². The molecular formula is C27H26N2O2. The van der Waals surface area contributed by atoms with Crippen LogP contribution in [-0.4, -0.2) is 17.4 Å². The third-order valence-electron chi connectivity index (χ3n) is 5.74. The topological polar surface area (TPSA) is 62.0 Å². The molecular weight excluding hydrogens is 384 g/mol. The number of fused-ring (bicyclic) bond motifs is 1. The molecule has 3 aromatic carbocycles. The van der Waals surface area contributed by atoms with E-state index in [1.165, 1.54) is 0 Å². The van der Waals surface area contributed by atoms with Crippen LogP contribution in [0.3, 0.4) is 0 Å². The average molecular weight is 411 g/mol. The summed E-state index contributed by atoms with van der Waals surface area (Å²) in [4.78, 5) is 28.7. The number of aromatic nitrogens is 1. The van der Waals surface area contributed by atoms with Gasteiger partial charge in [-0.3, -0.25) is 9.59 Å². The minimum absolute atomic E-state index is 0.0679. The van der Waals surface area contributed by atoms with Crippen LogP contribution in [0.15, 0.2) is 83.7 Å². The van der Waals surface area contributed by atoms with Gasteiger partial charge in [-0.15, -0.1) is 0 Å². The number of benzene rings is 3. The Morgan fingerprint density at radius 1 is 0.871 bits per heavy atom. The molecule has 4 nitrogen and oxygen atoms in total. The number of aromatic amines is 1. The highest BCUT2D eigenvalue weighted by molar-refractivity contribution is 5.87. The van der Waals surface area contributed by atoms with Crippen molar-refractivity contribution in [2.75, 3.05) is 6.54 Å². The zero-order valence-electron chi connectivity index (χ0n) is 17.8. The number of pyridine rings is 1. The molecule has 1 aromatic heterocycles. The van der Waals surface area contributed by atoms with Gasteiger partial charge in [0.1, 0.15) is 0 Å². The highest BCUT2D eigenvalue weighted by Gasteiger charge is 2.22. The maximum atomic E-state index is 13.1. The Balaban J connectivity index is 1.53. The molecule has 0 aliphatic heterocycles. The molecule has 1 amide bonds. The molecule has 0 aliphatic carbocycles. The molecule has 156 valence electrons. The monoisotopic (exact) mass is 410 g/mol. The van der Waals surface area contributed by atoms with Crippen molar-refractivity contribution in [3.63, 3.8) is 0 Å². The molecule has 0 saturated carbocycles. The summed E-state index contributed by atoms with van der Waals surface area (Å²) in [7, 11) is 0. The van der Waals surface area contributed by atoms with Crippen LogP contribution in [0, 0.1) is 13.8 Å². The quantitative estimate of drug-likeness (QED) is 0.487. The van der Waals surface area contributed by atoms with Gasteiger partial charge in [0.2, 0.25) is 5.91 Å². The summed E-state index contributed by atoms with van der Waals surface area (Å²) in [6, 6.07) is 25.6. The minimum atomic E-state index is -0.387. The standard InChI is InChI=1S/C27H26N2O2/c1-18-13-14-19(2)25-23(18)17-22(26(30)29-25)15-16-28-27(31)24(20-9-5-3-6-10-20)21-11-7-4-8-12-21/h3-14,17,24H,15-16H2,1-2H3,(H,28,31)(H,29,30). The molecule has 4 rings (SSSR count). The second kappa shape index (κ2) is 9.00. The summed E-state index contributed by atoms with van der Waals surface area (Å²) in [6.07, 6.45) is 0.473. The van der Waals surface area contributed by atoms with Crippen molar-refractivity contribution in [3.8, 4) is 0 Å². The number of amides is 1. The first-order valence-electron chi connectivity index (χ1n) is 10.5. The number of rotatable bonds is 6. The maximum Gasteiger partial charge on any atom is 0.251 e. The molecule has 0 fully saturated rings. The molecule has 4 heteroatoms. The van der Waals surface area contributed by atoms with Crippen molar-refractivity contribution >= 4 is 16.8 Å². The van der Waals surface area contributed by atoms with Crippen molar-refractivity contribution in [3.05, 3.63) is 117 Å². The molecule has 0 atom stereocenters. The Labute approximate surface area is 182 Å². The lowest BCUT2D eigenvalue weighted by molar-refractivity contribution is -0.121. The Morgan fingerprint density at radius 2 is 1.45 bits per heavy atom. The van der Waals surface area contributed by atoms with Gasteiger partial charge in [-0.1, -0.05) is 72.8 Å². The second-order valence-corrected chi connectivity index (χ2v) is 7.91. The van der Waals surface area contributed by atoms with E-state index in [1.807, 2.05) is 86.6 Å². The molecule has 4 aromatic rings. The number of carbonyl (C=O) groups excluding carboxylic acids is 1. The van der Waals surface area contributed by atoms with Crippen LogP contribution in [0.1, 0.15) is 33.7 Å². The molecule has 0 radical (unpaired) electrons. The molecule has 2 N–H and O–H groups in total. The van der Waals surface area contributed by atoms with Crippen molar-refractivity contribution in [1.29, 1.82) is 0 Å². The van der Waals surface area contributed by atoms with Crippen LogP contribution < -0.4 is 10.9 Å². The van der Waals surface area contributed by atoms with Crippen molar-refractivity contribution in [2.24, 2.45) is 0 Å². The lowest BCUT2D eigenvalue weighted by Crippen LogP contribution is -2.32. The van der Waals surface area contributed by atoms with Crippen LogP contribution in [0.2, 0.25) is 0 Å². The summed E-state index contributed by atoms with van der Waals surface area (Å²) < 4.78 is 0. The van der Waals surface area contributed by atoms with Gasteiger partial charge in [0.15, 0.2) is 0 Å². The zero-order valence-corrected chi connectivity index (χ0v) is 17.8. The van der Waals surface area contributed by atoms with Gasteiger partial charge in [0, 0.05) is 17.5 Å². The molecule has 0 unspecified atom stereocenters. The summed E-state index contributed by atoms with van der Waals surface area (Å²) in [5, 5.41) is 4.09. The van der Waals surface area contributed by atoms with Crippen LogP contribution in [0.5, 0.6) is 0 Å². The van der Waals surface area contributed by atoms with Crippen LogP contribution in [0.4, 0.5) is 0 Å². The van der Waals surface area contributed by atoms with Crippen LogP contribution >= 0.6 is 0 Å². The number of aryl methyl sites for hydroxylation is 2. The predicted molar refractivity (Wildman–Crippen MR) is 125 cm³/mol. The fourth-order valence-corrected chi connectivity index (χ4v) is 4.01. The van der Waals surface area contributed by atoms with Crippen molar-refractivity contribution in [1.82, 2.24) is 10.3 Å². The predicted octanol–water partition coefficient (Wildman–Crippen LogP) is 4.64. The summed E-state index contributed by atoms with van der Waals surface area (Å²) in [5.74, 6) is -0.455. The van der Waals surface area contributed by atoms with Crippen LogP contribution in [-0.2, 0) is 11.2 Å². The van der Waals surface area contributed by atoms with Gasteiger partial charge in [-0.2, -0.15) is 0 Å². The van der Waals surface area contributed by atoms with E-state index < -0.39 is 0 Å². The highest BCUT2D eigenvalue weighted by Crippen LogP contribution is 2.25. The fourth-order valence-electron chi connectivity index (χ4n) is 4.01. The number of hydrogen-bond donors (Lipinski definition) is 2. The molecule has 31 heavy (non-hydrogen) atoms. The normalized spacial score (nSPS) is 11.1. The van der Waals surface area contributed by atoms with Crippen molar-refractivity contribution in [2.45, 2.75) is 26.2 Å². The van der Waals surface area contributed by atoms with E-state index in [-0.39, 0.29) is 17.4 Å². The molecule has 0 spiro atoms. The molecule has 1 heterocycles. The molecule has 0 bridgehead atoms. The first-order valence-corrected chi connectivity index (χ1v) is 10.5. The Morgan fingerprint density at radius 3 is 2.06 bits per heavy atom. The Kier molecular flexibility index (Phi) is 5.99. The SMILES string of the molecule is Cc1ccc(C)c2[nH]c(=O)c(CCNC(=O)C(c3ccccc3)c3ccccc3)cc12. The van der Waals surface area contributed by atoms with E-state index in [1.54, 1.807) is 0 Å². The number of nitrogens with one attached hydrogen (secondary N) is 2. The number of hydrogen-bond acceptors (Lipinski definition) is 2. The highest BCUT2D eigenvalue weighted by atomic mass is 16.2. The third kappa shape index (κ3) is 4.43. The lowest BCUT2D eigenvalue weighted by Gasteiger charge is -2.18.